The van der Waals surface area contributed by atoms with E-state index >= 15 is 0 Å². The van der Waals surface area contributed by atoms with E-state index in [1.165, 1.54) is 10.3 Å². The van der Waals surface area contributed by atoms with Gasteiger partial charge >= 0.3 is 0 Å². The Morgan fingerprint density at radius 3 is 3.00 bits per heavy atom. The maximum atomic E-state index is 11.0. The van der Waals surface area contributed by atoms with Gasteiger partial charge in [-0.25, -0.2) is 9.19 Å². The molecule has 0 saturated heterocycles. The number of nitrogens with zero attached hydrogens (tertiary/aromatic N) is 2. The molecule has 0 aliphatic rings. The Hall–Kier alpha value is -0.680. The fourth-order valence-corrected chi connectivity index (χ4v) is 1.27. The van der Waals surface area contributed by atoms with Crippen molar-refractivity contribution in [3.05, 3.63) is 18.7 Å². The topological polar surface area (TPSA) is 55.1 Å². The minimum Gasteiger partial charge on any atom is -0.395 e. The zero-order valence-corrected chi connectivity index (χ0v) is 6.12. The van der Waals surface area contributed by atoms with E-state index in [2.05, 4.69) is 4.98 Å². The van der Waals surface area contributed by atoms with Gasteiger partial charge in [0.15, 0.2) is 0 Å². The molecular weight excluding hydrogens is 152 g/mol. The van der Waals surface area contributed by atoms with Crippen molar-refractivity contribution in [3.63, 3.8) is 0 Å². The molecule has 0 aliphatic heterocycles. The molecule has 5 heteroatoms. The van der Waals surface area contributed by atoms with Crippen molar-refractivity contribution in [2.24, 2.45) is 0 Å². The third-order valence-electron chi connectivity index (χ3n) is 0.981. The maximum absolute atomic E-state index is 11.0. The summed E-state index contributed by atoms with van der Waals surface area (Å²) < 4.78 is 12.4. The summed E-state index contributed by atoms with van der Waals surface area (Å²) in [6.07, 6.45) is 4.62. The highest BCUT2D eigenvalue weighted by molar-refractivity contribution is 7.83. The summed E-state index contributed by atoms with van der Waals surface area (Å²) in [5.74, 6) is 0.260. The van der Waals surface area contributed by atoms with E-state index in [0.29, 0.717) is 0 Å². The van der Waals surface area contributed by atoms with Crippen molar-refractivity contribution in [1.29, 1.82) is 0 Å². The van der Waals surface area contributed by atoms with Crippen LogP contribution in [0.15, 0.2) is 18.7 Å². The smallest absolute Gasteiger partial charge is 0.127 e. The Balaban J connectivity index is 2.59. The molecule has 0 radical (unpaired) electrons. The van der Waals surface area contributed by atoms with Crippen LogP contribution in [-0.2, 0) is 11.0 Å². The fourth-order valence-electron chi connectivity index (χ4n) is 0.551. The van der Waals surface area contributed by atoms with Crippen LogP contribution in [-0.4, -0.2) is 30.6 Å². The van der Waals surface area contributed by atoms with Crippen LogP contribution in [0.5, 0.6) is 0 Å². The van der Waals surface area contributed by atoms with Gasteiger partial charge in [0.1, 0.15) is 17.3 Å². The molecule has 1 atom stereocenters. The van der Waals surface area contributed by atoms with Crippen LogP contribution in [0.4, 0.5) is 0 Å². The lowest BCUT2D eigenvalue weighted by Crippen LogP contribution is -2.08. The van der Waals surface area contributed by atoms with Gasteiger partial charge in [0.25, 0.3) is 0 Å². The first-order valence-corrected chi connectivity index (χ1v) is 4.10. The van der Waals surface area contributed by atoms with Gasteiger partial charge in [0, 0.05) is 12.4 Å². The minimum atomic E-state index is -1.15. The van der Waals surface area contributed by atoms with E-state index in [-0.39, 0.29) is 12.4 Å². The molecule has 0 bridgehead atoms. The minimum absolute atomic E-state index is 0.0647. The summed E-state index contributed by atoms with van der Waals surface area (Å²) in [5, 5.41) is 8.41. The average molecular weight is 160 g/mol. The molecule has 0 aromatic carbocycles. The molecule has 1 heterocycles. The monoisotopic (exact) mass is 160 g/mol. The summed E-state index contributed by atoms with van der Waals surface area (Å²) in [7, 11) is -1.15. The van der Waals surface area contributed by atoms with Gasteiger partial charge in [-0.2, -0.15) is 0 Å². The quantitative estimate of drug-likeness (QED) is 0.641. The van der Waals surface area contributed by atoms with Gasteiger partial charge in [0.05, 0.1) is 12.4 Å². The standard InChI is InChI=1S/C5H8N2O2S/c8-3-4-10(9)7-2-1-6-5-7/h1-2,5,8H,3-4H2. The summed E-state index contributed by atoms with van der Waals surface area (Å²) in [4.78, 5) is 3.71. The Kier molecular flexibility index (Phi) is 2.58. The zero-order valence-electron chi connectivity index (χ0n) is 5.30. The van der Waals surface area contributed by atoms with Gasteiger partial charge in [-0.3, -0.25) is 3.97 Å². The van der Waals surface area contributed by atoms with E-state index in [9.17, 15) is 4.21 Å². The third kappa shape index (κ3) is 1.65. The molecule has 0 amide bonds. The van der Waals surface area contributed by atoms with Crippen LogP contribution in [0.2, 0.25) is 0 Å². The van der Waals surface area contributed by atoms with Crippen molar-refractivity contribution in [2.75, 3.05) is 12.4 Å². The van der Waals surface area contributed by atoms with Gasteiger partial charge in [-0.15, -0.1) is 0 Å². The average Bonchev–Trinajstić information content (AvgIpc) is 2.38. The van der Waals surface area contributed by atoms with Crippen LogP contribution in [0.1, 0.15) is 0 Å². The SMILES string of the molecule is O=S(CCO)n1ccnc1. The van der Waals surface area contributed by atoms with Crippen molar-refractivity contribution < 1.29 is 9.32 Å². The maximum Gasteiger partial charge on any atom is 0.127 e. The molecule has 1 rings (SSSR count). The Morgan fingerprint density at radius 2 is 2.50 bits per heavy atom. The highest BCUT2D eigenvalue weighted by Gasteiger charge is 1.97. The van der Waals surface area contributed by atoms with E-state index < -0.39 is 11.0 Å². The van der Waals surface area contributed by atoms with E-state index in [4.69, 9.17) is 5.11 Å². The molecule has 0 saturated carbocycles. The number of rotatable bonds is 3. The van der Waals surface area contributed by atoms with E-state index in [1.807, 2.05) is 0 Å². The fraction of sp³-hybridized carbons (Fsp3) is 0.400. The molecule has 0 fully saturated rings. The normalized spacial score (nSPS) is 13.3. The Labute approximate surface area is 61.1 Å². The first kappa shape index (κ1) is 7.43. The molecule has 0 spiro atoms. The van der Waals surface area contributed by atoms with Crippen LogP contribution < -0.4 is 0 Å². The van der Waals surface area contributed by atoms with Crippen molar-refractivity contribution in [3.8, 4) is 0 Å². The number of imidazole rings is 1. The lowest BCUT2D eigenvalue weighted by atomic mass is 10.9. The Bertz CT molecular complexity index is 209. The van der Waals surface area contributed by atoms with Crippen LogP contribution in [0.3, 0.4) is 0 Å². The van der Waals surface area contributed by atoms with E-state index in [0.717, 1.165) is 0 Å². The van der Waals surface area contributed by atoms with E-state index in [1.54, 1.807) is 12.4 Å². The zero-order chi connectivity index (χ0) is 7.40. The summed E-state index contributed by atoms with van der Waals surface area (Å²) in [5.41, 5.74) is 0. The predicted molar refractivity (Wildman–Crippen MR) is 37.7 cm³/mol. The Morgan fingerprint density at radius 1 is 1.70 bits per heavy atom. The summed E-state index contributed by atoms with van der Waals surface area (Å²) in [6.45, 7) is -0.0647. The van der Waals surface area contributed by atoms with Crippen LogP contribution in [0.25, 0.3) is 0 Å². The van der Waals surface area contributed by atoms with Gasteiger partial charge in [-0.05, 0) is 0 Å². The third-order valence-corrected chi connectivity index (χ3v) is 2.20. The number of aliphatic hydroxyl groups excluding tert-OH is 1. The van der Waals surface area contributed by atoms with Crippen LogP contribution >= 0.6 is 0 Å². The molecule has 1 unspecified atom stereocenters. The molecule has 10 heavy (non-hydrogen) atoms. The molecule has 4 nitrogen and oxygen atoms in total. The lowest BCUT2D eigenvalue weighted by molar-refractivity contribution is 0.321. The number of aromatic nitrogens is 2. The second kappa shape index (κ2) is 3.48. The van der Waals surface area contributed by atoms with Crippen molar-refractivity contribution in [2.45, 2.75) is 0 Å². The summed E-state index contributed by atoms with van der Waals surface area (Å²) in [6, 6.07) is 0. The highest BCUT2D eigenvalue weighted by atomic mass is 32.2. The molecule has 1 aromatic heterocycles. The first-order chi connectivity index (χ1) is 4.84. The van der Waals surface area contributed by atoms with Crippen molar-refractivity contribution >= 4 is 11.0 Å². The van der Waals surface area contributed by atoms with Crippen molar-refractivity contribution in [1.82, 2.24) is 8.96 Å². The van der Waals surface area contributed by atoms with Gasteiger partial charge in [0.2, 0.25) is 0 Å². The summed E-state index contributed by atoms with van der Waals surface area (Å²) >= 11 is 0. The number of aliphatic hydroxyl groups is 1. The predicted octanol–water partition coefficient (Wildman–Crippen LogP) is -0.613. The molecule has 0 aliphatic carbocycles. The number of hydrogen-bond donors (Lipinski definition) is 1. The number of hydrogen-bond acceptors (Lipinski definition) is 3. The highest BCUT2D eigenvalue weighted by Crippen LogP contribution is 1.89. The first-order valence-electron chi connectivity index (χ1n) is 2.82. The lowest BCUT2D eigenvalue weighted by Gasteiger charge is -1.96. The second-order valence-corrected chi connectivity index (χ2v) is 3.14. The van der Waals surface area contributed by atoms with Crippen LogP contribution in [0, 0.1) is 0 Å². The van der Waals surface area contributed by atoms with Gasteiger partial charge < -0.3 is 5.11 Å². The van der Waals surface area contributed by atoms with Gasteiger partial charge in [-0.1, -0.05) is 0 Å². The largest absolute Gasteiger partial charge is 0.395 e. The second-order valence-electron chi connectivity index (χ2n) is 1.67. The molecule has 1 aromatic rings. The molecule has 56 valence electrons. The molecular formula is C5H8N2O2S. The molecule has 1 N–H and O–H groups in total.